The molecule has 0 saturated heterocycles. The number of nitriles is 1. The van der Waals surface area contributed by atoms with Crippen LogP contribution in [-0.4, -0.2) is 26.7 Å². The number of rotatable bonds is 5. The van der Waals surface area contributed by atoms with E-state index in [1.54, 1.807) is 39.2 Å². The Kier molecular flexibility index (Phi) is 4.76. The van der Waals surface area contributed by atoms with E-state index in [0.29, 0.717) is 23.5 Å². The van der Waals surface area contributed by atoms with E-state index in [9.17, 15) is 4.79 Å². The number of nitrogens with zero attached hydrogens (tertiary/aromatic N) is 1. The summed E-state index contributed by atoms with van der Waals surface area (Å²) in [6, 6.07) is 7.21. The van der Waals surface area contributed by atoms with Gasteiger partial charge in [-0.2, -0.15) is 5.26 Å². The molecule has 0 aromatic heterocycles. The second kappa shape index (κ2) is 6.10. The van der Waals surface area contributed by atoms with Gasteiger partial charge in [0.1, 0.15) is 11.8 Å². The minimum absolute atomic E-state index is 0.304. The molecule has 5 nitrogen and oxygen atoms in total. The van der Waals surface area contributed by atoms with Gasteiger partial charge in [0, 0.05) is 12.6 Å². The summed E-state index contributed by atoms with van der Waals surface area (Å²) in [5.41, 5.74) is 0.463. The molecule has 0 aliphatic carbocycles. The van der Waals surface area contributed by atoms with E-state index in [4.69, 9.17) is 14.7 Å². The monoisotopic (exact) mass is 262 g/mol. The van der Waals surface area contributed by atoms with Gasteiger partial charge < -0.3 is 14.8 Å². The van der Waals surface area contributed by atoms with Crippen molar-refractivity contribution in [3.8, 4) is 11.8 Å². The van der Waals surface area contributed by atoms with Crippen molar-refractivity contribution in [2.75, 3.05) is 26.1 Å². The van der Waals surface area contributed by atoms with Gasteiger partial charge in [-0.15, -0.1) is 0 Å². The van der Waals surface area contributed by atoms with Gasteiger partial charge in [-0.05, 0) is 26.0 Å². The Hall–Kier alpha value is -2.22. The number of hydrogen-bond donors (Lipinski definition) is 1. The van der Waals surface area contributed by atoms with Crippen LogP contribution in [0.15, 0.2) is 18.2 Å². The van der Waals surface area contributed by atoms with E-state index in [1.807, 2.05) is 0 Å². The van der Waals surface area contributed by atoms with E-state index in [1.165, 1.54) is 7.11 Å². The minimum atomic E-state index is -0.676. The van der Waals surface area contributed by atoms with E-state index in [2.05, 4.69) is 11.4 Å². The lowest BCUT2D eigenvalue weighted by atomic mass is 9.93. The average Bonchev–Trinajstić information content (AvgIpc) is 2.43. The van der Waals surface area contributed by atoms with Gasteiger partial charge >= 0.3 is 5.97 Å². The highest BCUT2D eigenvalue weighted by Crippen LogP contribution is 2.24. The highest BCUT2D eigenvalue weighted by atomic mass is 16.5. The summed E-state index contributed by atoms with van der Waals surface area (Å²) >= 11 is 0. The molecule has 0 aliphatic rings. The van der Waals surface area contributed by atoms with Crippen molar-refractivity contribution in [3.63, 3.8) is 0 Å². The summed E-state index contributed by atoms with van der Waals surface area (Å²) in [6.45, 7) is 3.91. The zero-order chi connectivity index (χ0) is 14.5. The second-order valence-corrected chi connectivity index (χ2v) is 4.75. The second-order valence-electron chi connectivity index (χ2n) is 4.75. The van der Waals surface area contributed by atoms with Crippen LogP contribution in [0.3, 0.4) is 0 Å². The highest BCUT2D eigenvalue weighted by Gasteiger charge is 2.28. The molecule has 0 fully saturated rings. The molecule has 1 rings (SSSR count). The van der Waals surface area contributed by atoms with Crippen LogP contribution < -0.4 is 10.1 Å². The summed E-state index contributed by atoms with van der Waals surface area (Å²) in [4.78, 5) is 11.6. The van der Waals surface area contributed by atoms with Crippen molar-refractivity contribution in [3.05, 3.63) is 23.8 Å². The highest BCUT2D eigenvalue weighted by molar-refractivity contribution is 5.76. The summed E-state index contributed by atoms with van der Waals surface area (Å²) < 4.78 is 9.85. The Labute approximate surface area is 113 Å². The zero-order valence-corrected chi connectivity index (χ0v) is 11.6. The van der Waals surface area contributed by atoms with Crippen LogP contribution >= 0.6 is 0 Å². The molecule has 0 spiro atoms. The van der Waals surface area contributed by atoms with Crippen molar-refractivity contribution in [2.45, 2.75) is 13.8 Å². The summed E-state index contributed by atoms with van der Waals surface area (Å²) in [7, 11) is 2.92. The Morgan fingerprint density at radius 2 is 2.11 bits per heavy atom. The number of carbonyl (C=O) groups is 1. The lowest BCUT2D eigenvalue weighted by Crippen LogP contribution is -2.33. The third kappa shape index (κ3) is 3.62. The third-order valence-electron chi connectivity index (χ3n) is 2.81. The van der Waals surface area contributed by atoms with Crippen LogP contribution in [0.4, 0.5) is 5.69 Å². The summed E-state index contributed by atoms with van der Waals surface area (Å²) in [5.74, 6) is 0.346. The molecule has 0 radical (unpaired) electrons. The number of methoxy groups -OCH3 is 2. The van der Waals surface area contributed by atoms with Crippen LogP contribution in [0.1, 0.15) is 19.4 Å². The lowest BCUT2D eigenvalue weighted by Gasteiger charge is -2.22. The first-order valence-electron chi connectivity index (χ1n) is 5.85. The fourth-order valence-corrected chi connectivity index (χ4v) is 1.56. The van der Waals surface area contributed by atoms with Crippen molar-refractivity contribution in [2.24, 2.45) is 5.41 Å². The standard InChI is InChI=1S/C14H18N2O3/c1-14(2,13(17)19-4)9-16-12-7-11(18-3)6-5-10(12)8-15/h5-7,16H,9H2,1-4H3. The third-order valence-corrected chi connectivity index (χ3v) is 2.81. The molecule has 5 heteroatoms. The lowest BCUT2D eigenvalue weighted by molar-refractivity contribution is -0.149. The quantitative estimate of drug-likeness (QED) is 0.823. The SMILES string of the molecule is COC(=O)C(C)(C)CNc1cc(OC)ccc1C#N. The van der Waals surface area contributed by atoms with Crippen LogP contribution in [0, 0.1) is 16.7 Å². The zero-order valence-electron chi connectivity index (χ0n) is 11.6. The number of carbonyl (C=O) groups excluding carboxylic acids is 1. The molecule has 0 saturated carbocycles. The molecule has 0 amide bonds. The number of benzene rings is 1. The molecule has 19 heavy (non-hydrogen) atoms. The molecule has 1 N–H and O–H groups in total. The van der Waals surface area contributed by atoms with Gasteiger partial charge in [-0.25, -0.2) is 0 Å². The first-order chi connectivity index (χ1) is 8.94. The van der Waals surface area contributed by atoms with Gasteiger partial charge in [-0.3, -0.25) is 4.79 Å². The van der Waals surface area contributed by atoms with Crippen molar-refractivity contribution < 1.29 is 14.3 Å². The van der Waals surface area contributed by atoms with Gasteiger partial charge in [0.05, 0.1) is 30.9 Å². The number of hydrogen-bond acceptors (Lipinski definition) is 5. The van der Waals surface area contributed by atoms with E-state index < -0.39 is 5.41 Å². The van der Waals surface area contributed by atoms with Crippen LogP contribution in [0.2, 0.25) is 0 Å². The van der Waals surface area contributed by atoms with E-state index in [-0.39, 0.29) is 5.97 Å². The molecule has 0 bridgehead atoms. The molecule has 1 aromatic carbocycles. The Bertz CT molecular complexity index is 504. The molecule has 0 atom stereocenters. The van der Waals surface area contributed by atoms with Gasteiger partial charge in [0.25, 0.3) is 0 Å². The number of ether oxygens (including phenoxy) is 2. The van der Waals surface area contributed by atoms with E-state index in [0.717, 1.165) is 0 Å². The van der Waals surface area contributed by atoms with Gasteiger partial charge in [0.2, 0.25) is 0 Å². The summed E-state index contributed by atoms with van der Waals surface area (Å²) in [5, 5.41) is 12.1. The number of anilines is 1. The van der Waals surface area contributed by atoms with Crippen molar-refractivity contribution in [1.82, 2.24) is 0 Å². The van der Waals surface area contributed by atoms with Crippen LogP contribution in [0.5, 0.6) is 5.75 Å². The first kappa shape index (κ1) is 14.8. The Morgan fingerprint density at radius 1 is 1.42 bits per heavy atom. The molecule has 1 aromatic rings. The molecule has 102 valence electrons. The molecule has 0 unspecified atom stereocenters. The predicted octanol–water partition coefficient (Wildman–Crippen LogP) is 2.18. The van der Waals surface area contributed by atoms with E-state index >= 15 is 0 Å². The maximum absolute atomic E-state index is 11.6. The van der Waals surface area contributed by atoms with Crippen LogP contribution in [0.25, 0.3) is 0 Å². The maximum atomic E-state index is 11.6. The predicted molar refractivity (Wildman–Crippen MR) is 72.0 cm³/mol. The fraction of sp³-hybridized carbons (Fsp3) is 0.429. The maximum Gasteiger partial charge on any atom is 0.313 e. The smallest absolute Gasteiger partial charge is 0.313 e. The van der Waals surface area contributed by atoms with Crippen molar-refractivity contribution >= 4 is 11.7 Å². The first-order valence-corrected chi connectivity index (χ1v) is 5.85. The molecule has 0 heterocycles. The largest absolute Gasteiger partial charge is 0.497 e. The molecular formula is C14H18N2O3. The average molecular weight is 262 g/mol. The fourth-order valence-electron chi connectivity index (χ4n) is 1.56. The number of nitrogens with one attached hydrogen (secondary N) is 1. The Balaban J connectivity index is 2.88. The molecule has 0 aliphatic heterocycles. The minimum Gasteiger partial charge on any atom is -0.497 e. The van der Waals surface area contributed by atoms with Crippen molar-refractivity contribution in [1.29, 1.82) is 5.26 Å². The van der Waals surface area contributed by atoms with Crippen LogP contribution in [-0.2, 0) is 9.53 Å². The topological polar surface area (TPSA) is 71.3 Å². The van der Waals surface area contributed by atoms with Gasteiger partial charge in [0.15, 0.2) is 0 Å². The Morgan fingerprint density at radius 3 is 2.63 bits per heavy atom. The normalized spacial score (nSPS) is 10.5. The molecular weight excluding hydrogens is 244 g/mol. The summed E-state index contributed by atoms with van der Waals surface area (Å²) in [6.07, 6.45) is 0. The number of esters is 1. The van der Waals surface area contributed by atoms with Gasteiger partial charge in [-0.1, -0.05) is 0 Å².